The number of carbonyl (C=O) groups excluding carboxylic acids is 2. The summed E-state index contributed by atoms with van der Waals surface area (Å²) in [4.78, 5) is 24.7. The summed E-state index contributed by atoms with van der Waals surface area (Å²) in [6.07, 6.45) is 1.72. The highest BCUT2D eigenvalue weighted by Crippen LogP contribution is 2.22. The molecule has 27 heavy (non-hydrogen) atoms. The van der Waals surface area contributed by atoms with Gasteiger partial charge in [-0.3, -0.25) is 9.59 Å². The molecule has 2 atom stereocenters. The third kappa shape index (κ3) is 4.74. The van der Waals surface area contributed by atoms with Crippen LogP contribution >= 0.6 is 0 Å². The Bertz CT molecular complexity index is 836. The Morgan fingerprint density at radius 1 is 1.30 bits per heavy atom. The van der Waals surface area contributed by atoms with E-state index in [0.29, 0.717) is 18.7 Å². The third-order valence-electron chi connectivity index (χ3n) is 5.15. The first-order chi connectivity index (χ1) is 12.9. The number of nitrogens with one attached hydrogen (secondary N) is 1. The zero-order valence-corrected chi connectivity index (χ0v) is 16.2. The molecule has 1 aromatic carbocycles. The van der Waals surface area contributed by atoms with Crippen LogP contribution in [0.3, 0.4) is 0 Å². The minimum Gasteiger partial charge on any atom is -0.350 e. The van der Waals surface area contributed by atoms with Crippen LogP contribution in [0.5, 0.6) is 0 Å². The molecule has 2 aliphatic rings. The molecule has 7 nitrogen and oxygen atoms in total. The van der Waals surface area contributed by atoms with Crippen LogP contribution in [-0.2, 0) is 19.4 Å². The van der Waals surface area contributed by atoms with Crippen LogP contribution in [-0.4, -0.2) is 55.0 Å². The van der Waals surface area contributed by atoms with E-state index in [-0.39, 0.29) is 42.1 Å². The number of hydrogen-bond donors (Lipinski definition) is 1. The van der Waals surface area contributed by atoms with Gasteiger partial charge in [0.05, 0.1) is 17.5 Å². The average molecular weight is 391 g/mol. The molecular weight excluding hydrogens is 366 g/mol. The second-order valence-corrected chi connectivity index (χ2v) is 9.30. The van der Waals surface area contributed by atoms with E-state index in [9.17, 15) is 18.0 Å². The fourth-order valence-corrected chi connectivity index (χ4v) is 5.22. The van der Waals surface area contributed by atoms with Gasteiger partial charge < -0.3 is 5.32 Å². The standard InChI is InChI=1S/C19H25N3O4S/c1-2-14(15-6-4-3-5-7-15)12-20-19(24)17-8-9-18(23)22(21-17)16-10-11-27(25,26)13-16/h3-7,14,16H,2,8-13H2,1H3,(H,20,24). The summed E-state index contributed by atoms with van der Waals surface area (Å²) >= 11 is 0. The lowest BCUT2D eigenvalue weighted by molar-refractivity contribution is -0.133. The second kappa shape index (κ2) is 8.21. The first-order valence-electron chi connectivity index (χ1n) is 9.32. The van der Waals surface area contributed by atoms with Crippen molar-refractivity contribution in [1.82, 2.24) is 10.3 Å². The van der Waals surface area contributed by atoms with Crippen molar-refractivity contribution in [3.63, 3.8) is 0 Å². The zero-order valence-electron chi connectivity index (χ0n) is 15.4. The molecule has 1 saturated heterocycles. The van der Waals surface area contributed by atoms with Crippen LogP contribution in [0.2, 0.25) is 0 Å². The van der Waals surface area contributed by atoms with Gasteiger partial charge in [-0.2, -0.15) is 5.10 Å². The highest BCUT2D eigenvalue weighted by molar-refractivity contribution is 7.91. The Kier molecular flexibility index (Phi) is 5.94. The van der Waals surface area contributed by atoms with E-state index in [0.717, 1.165) is 6.42 Å². The first-order valence-corrected chi connectivity index (χ1v) is 11.1. The fourth-order valence-electron chi connectivity index (χ4n) is 3.53. The highest BCUT2D eigenvalue weighted by Gasteiger charge is 2.37. The van der Waals surface area contributed by atoms with E-state index in [4.69, 9.17) is 0 Å². The minimum atomic E-state index is -3.13. The Balaban J connectivity index is 1.65. The maximum absolute atomic E-state index is 12.5. The highest BCUT2D eigenvalue weighted by atomic mass is 32.2. The summed E-state index contributed by atoms with van der Waals surface area (Å²) in [6.45, 7) is 2.56. The molecule has 2 heterocycles. The molecule has 2 amide bonds. The number of nitrogens with zero attached hydrogens (tertiary/aromatic N) is 2. The first kappa shape index (κ1) is 19.5. The summed E-state index contributed by atoms with van der Waals surface area (Å²) in [5.74, 6) is -0.319. The van der Waals surface area contributed by atoms with Crippen molar-refractivity contribution in [2.24, 2.45) is 5.10 Å². The van der Waals surface area contributed by atoms with Crippen LogP contribution in [0.15, 0.2) is 35.4 Å². The lowest BCUT2D eigenvalue weighted by atomic mass is 9.96. The number of hydrogen-bond acceptors (Lipinski definition) is 5. The smallest absolute Gasteiger partial charge is 0.267 e. The number of benzene rings is 1. The normalized spacial score (nSPS) is 23.0. The van der Waals surface area contributed by atoms with Gasteiger partial charge in [-0.05, 0) is 18.4 Å². The van der Waals surface area contributed by atoms with Gasteiger partial charge in [0.15, 0.2) is 9.84 Å². The summed E-state index contributed by atoms with van der Waals surface area (Å²) in [5, 5.41) is 8.35. The number of hydrazone groups is 1. The van der Waals surface area contributed by atoms with E-state index in [1.165, 1.54) is 10.6 Å². The van der Waals surface area contributed by atoms with Crippen molar-refractivity contribution in [2.75, 3.05) is 18.1 Å². The van der Waals surface area contributed by atoms with Crippen LogP contribution in [0.4, 0.5) is 0 Å². The Morgan fingerprint density at radius 3 is 2.67 bits per heavy atom. The van der Waals surface area contributed by atoms with Gasteiger partial charge in [0, 0.05) is 25.3 Å². The molecule has 0 spiro atoms. The summed E-state index contributed by atoms with van der Waals surface area (Å²) in [7, 11) is -3.13. The number of carbonyl (C=O) groups is 2. The van der Waals surface area contributed by atoms with Gasteiger partial charge in [-0.1, -0.05) is 37.3 Å². The maximum atomic E-state index is 12.5. The quantitative estimate of drug-likeness (QED) is 0.794. The van der Waals surface area contributed by atoms with Crippen molar-refractivity contribution in [3.8, 4) is 0 Å². The largest absolute Gasteiger partial charge is 0.350 e. The zero-order chi connectivity index (χ0) is 19.4. The topological polar surface area (TPSA) is 95.9 Å². The van der Waals surface area contributed by atoms with Gasteiger partial charge in [-0.15, -0.1) is 0 Å². The maximum Gasteiger partial charge on any atom is 0.267 e. The van der Waals surface area contributed by atoms with Crippen LogP contribution in [0.25, 0.3) is 0 Å². The van der Waals surface area contributed by atoms with Crippen LogP contribution in [0.1, 0.15) is 44.1 Å². The molecular formula is C19H25N3O4S. The van der Waals surface area contributed by atoms with Crippen molar-refractivity contribution in [3.05, 3.63) is 35.9 Å². The van der Waals surface area contributed by atoms with E-state index in [2.05, 4.69) is 17.3 Å². The second-order valence-electron chi connectivity index (χ2n) is 7.07. The van der Waals surface area contributed by atoms with Gasteiger partial charge in [0.2, 0.25) is 5.91 Å². The molecule has 2 aliphatic heterocycles. The predicted octanol–water partition coefficient (Wildman–Crippen LogP) is 1.46. The average Bonchev–Trinajstić information content (AvgIpc) is 3.03. The van der Waals surface area contributed by atoms with E-state index < -0.39 is 15.9 Å². The van der Waals surface area contributed by atoms with E-state index >= 15 is 0 Å². The Morgan fingerprint density at radius 2 is 2.04 bits per heavy atom. The molecule has 1 aromatic rings. The number of rotatable bonds is 6. The van der Waals surface area contributed by atoms with Gasteiger partial charge in [-0.25, -0.2) is 13.4 Å². The summed E-state index contributed by atoms with van der Waals surface area (Å²) in [5.41, 5.74) is 1.46. The summed E-state index contributed by atoms with van der Waals surface area (Å²) < 4.78 is 23.4. The van der Waals surface area contributed by atoms with Crippen LogP contribution in [0, 0.1) is 0 Å². The number of sulfone groups is 1. The Labute approximate surface area is 159 Å². The van der Waals surface area contributed by atoms with E-state index in [1.54, 1.807) is 0 Å². The fraction of sp³-hybridized carbons (Fsp3) is 0.526. The van der Waals surface area contributed by atoms with Crippen molar-refractivity contribution in [2.45, 2.75) is 44.6 Å². The SMILES string of the molecule is CCC(CNC(=O)C1=NN(C2CCS(=O)(=O)C2)C(=O)CC1)c1ccccc1. The Hall–Kier alpha value is -2.22. The van der Waals surface area contributed by atoms with Gasteiger partial charge >= 0.3 is 0 Å². The minimum absolute atomic E-state index is 0.0632. The molecule has 0 saturated carbocycles. The third-order valence-corrected chi connectivity index (χ3v) is 6.90. The lowest BCUT2D eigenvalue weighted by Crippen LogP contribution is -2.44. The van der Waals surface area contributed by atoms with Gasteiger partial charge in [0.25, 0.3) is 5.91 Å². The van der Waals surface area contributed by atoms with Crippen molar-refractivity contribution < 1.29 is 18.0 Å². The van der Waals surface area contributed by atoms with Crippen molar-refractivity contribution >= 4 is 27.4 Å². The molecule has 146 valence electrons. The molecule has 3 rings (SSSR count). The lowest BCUT2D eigenvalue weighted by Gasteiger charge is -2.27. The van der Waals surface area contributed by atoms with E-state index in [1.807, 2.05) is 30.3 Å². The van der Waals surface area contributed by atoms with Crippen LogP contribution < -0.4 is 5.32 Å². The molecule has 1 N–H and O–H groups in total. The molecule has 0 aliphatic carbocycles. The monoisotopic (exact) mass is 391 g/mol. The summed E-state index contributed by atoms with van der Waals surface area (Å²) in [6, 6.07) is 9.53. The van der Waals surface area contributed by atoms with Gasteiger partial charge in [0.1, 0.15) is 5.71 Å². The molecule has 2 unspecified atom stereocenters. The molecule has 0 radical (unpaired) electrons. The number of amides is 2. The van der Waals surface area contributed by atoms with Crippen molar-refractivity contribution in [1.29, 1.82) is 0 Å². The molecule has 0 aromatic heterocycles. The molecule has 1 fully saturated rings. The predicted molar refractivity (Wildman–Crippen MR) is 103 cm³/mol. The molecule has 0 bridgehead atoms. The molecule has 8 heteroatoms.